The van der Waals surface area contributed by atoms with Crippen LogP contribution < -0.4 is 10.6 Å². The molecular formula is C23H18N4O4. The van der Waals surface area contributed by atoms with Gasteiger partial charge in [-0.15, -0.1) is 0 Å². The zero-order chi connectivity index (χ0) is 21.5. The van der Waals surface area contributed by atoms with Gasteiger partial charge in [0.1, 0.15) is 6.04 Å². The van der Waals surface area contributed by atoms with Crippen LogP contribution in [-0.4, -0.2) is 39.6 Å². The van der Waals surface area contributed by atoms with Crippen LogP contribution in [0.25, 0.3) is 10.9 Å². The number of fused-ring (bicyclic) bond motifs is 2. The number of imide groups is 1. The number of piperidine rings is 1. The number of anilines is 1. The Morgan fingerprint density at radius 3 is 2.77 bits per heavy atom. The minimum Gasteiger partial charge on any atom is -0.322 e. The van der Waals surface area contributed by atoms with E-state index in [1.807, 2.05) is 24.3 Å². The van der Waals surface area contributed by atoms with Crippen molar-refractivity contribution in [1.29, 1.82) is 0 Å². The topological polar surface area (TPSA) is 108 Å². The third-order valence-electron chi connectivity index (χ3n) is 5.67. The van der Waals surface area contributed by atoms with Gasteiger partial charge in [0.15, 0.2) is 0 Å². The molecule has 1 unspecified atom stereocenters. The summed E-state index contributed by atoms with van der Waals surface area (Å²) in [6.45, 7) is 0.220. The molecular weight excluding hydrogens is 396 g/mol. The molecule has 1 aromatic heterocycles. The lowest BCUT2D eigenvalue weighted by Gasteiger charge is -2.29. The first-order chi connectivity index (χ1) is 15.0. The predicted octanol–water partition coefficient (Wildman–Crippen LogP) is 2.25. The van der Waals surface area contributed by atoms with Crippen LogP contribution in [0.15, 0.2) is 54.7 Å². The van der Waals surface area contributed by atoms with Gasteiger partial charge >= 0.3 is 0 Å². The van der Waals surface area contributed by atoms with Crippen molar-refractivity contribution in [3.8, 4) is 0 Å². The maximum absolute atomic E-state index is 12.9. The summed E-state index contributed by atoms with van der Waals surface area (Å²) < 4.78 is 0. The predicted molar refractivity (Wildman–Crippen MR) is 112 cm³/mol. The van der Waals surface area contributed by atoms with Crippen LogP contribution in [0.2, 0.25) is 0 Å². The van der Waals surface area contributed by atoms with Gasteiger partial charge in [0, 0.05) is 35.7 Å². The quantitative estimate of drug-likeness (QED) is 0.639. The van der Waals surface area contributed by atoms with Crippen molar-refractivity contribution < 1.29 is 19.2 Å². The summed E-state index contributed by atoms with van der Waals surface area (Å²) in [7, 11) is 0. The Labute approximate surface area is 177 Å². The number of carbonyl (C=O) groups is 4. The summed E-state index contributed by atoms with van der Waals surface area (Å²) in [6, 6.07) is 13.5. The van der Waals surface area contributed by atoms with Crippen molar-refractivity contribution in [3.05, 3.63) is 71.4 Å². The molecule has 0 spiro atoms. The lowest BCUT2D eigenvalue weighted by atomic mass is 10.0. The number of nitrogens with zero attached hydrogens (tertiary/aromatic N) is 2. The third kappa shape index (κ3) is 3.31. The second-order valence-corrected chi connectivity index (χ2v) is 7.61. The fourth-order valence-electron chi connectivity index (χ4n) is 4.12. The number of hydrogen-bond acceptors (Lipinski definition) is 5. The van der Waals surface area contributed by atoms with E-state index in [4.69, 9.17) is 0 Å². The first kappa shape index (κ1) is 18.9. The van der Waals surface area contributed by atoms with Crippen LogP contribution in [0.5, 0.6) is 0 Å². The second kappa shape index (κ2) is 7.32. The number of hydrogen-bond donors (Lipinski definition) is 2. The highest BCUT2D eigenvalue weighted by Gasteiger charge is 2.39. The highest BCUT2D eigenvalue weighted by molar-refractivity contribution is 6.10. The molecule has 8 heteroatoms. The summed E-state index contributed by atoms with van der Waals surface area (Å²) in [6.07, 6.45) is 2.16. The van der Waals surface area contributed by atoms with Crippen molar-refractivity contribution in [2.45, 2.75) is 25.4 Å². The smallest absolute Gasteiger partial charge is 0.255 e. The largest absolute Gasteiger partial charge is 0.322 e. The van der Waals surface area contributed by atoms with E-state index in [2.05, 4.69) is 15.6 Å². The molecule has 5 rings (SSSR count). The number of amides is 4. The fraction of sp³-hybridized carbons (Fsp3) is 0.174. The average Bonchev–Trinajstić information content (AvgIpc) is 3.09. The summed E-state index contributed by atoms with van der Waals surface area (Å²) in [5.74, 6) is -1.37. The van der Waals surface area contributed by atoms with E-state index in [9.17, 15) is 19.2 Å². The van der Waals surface area contributed by atoms with Crippen LogP contribution in [0, 0.1) is 0 Å². The molecule has 2 aliphatic heterocycles. The van der Waals surface area contributed by atoms with E-state index in [1.165, 1.54) is 4.90 Å². The Morgan fingerprint density at radius 1 is 1.10 bits per heavy atom. The van der Waals surface area contributed by atoms with Gasteiger partial charge in [-0.1, -0.05) is 18.2 Å². The number of benzene rings is 2. The van der Waals surface area contributed by atoms with Gasteiger partial charge in [-0.05, 0) is 42.3 Å². The molecule has 154 valence electrons. The van der Waals surface area contributed by atoms with Crippen LogP contribution in [0.1, 0.15) is 39.1 Å². The maximum Gasteiger partial charge on any atom is 0.255 e. The molecule has 0 saturated carbocycles. The lowest BCUT2D eigenvalue weighted by Crippen LogP contribution is -2.52. The molecule has 2 aromatic carbocycles. The van der Waals surface area contributed by atoms with E-state index in [1.54, 1.807) is 30.5 Å². The first-order valence-electron chi connectivity index (χ1n) is 9.94. The minimum atomic E-state index is -0.684. The average molecular weight is 414 g/mol. The Kier molecular flexibility index (Phi) is 4.47. The van der Waals surface area contributed by atoms with E-state index < -0.39 is 11.9 Å². The summed E-state index contributed by atoms with van der Waals surface area (Å²) >= 11 is 0. The number of nitrogens with one attached hydrogen (secondary N) is 2. The molecule has 31 heavy (non-hydrogen) atoms. The maximum atomic E-state index is 12.9. The highest BCUT2D eigenvalue weighted by atomic mass is 16.2. The Balaban J connectivity index is 1.38. The fourth-order valence-corrected chi connectivity index (χ4v) is 4.12. The zero-order valence-corrected chi connectivity index (χ0v) is 16.4. The highest BCUT2D eigenvalue weighted by Crippen LogP contribution is 2.29. The number of rotatable bonds is 3. The minimum absolute atomic E-state index is 0.198. The van der Waals surface area contributed by atoms with E-state index in [0.29, 0.717) is 34.3 Å². The Bertz CT molecular complexity index is 1260. The Morgan fingerprint density at radius 2 is 1.94 bits per heavy atom. The van der Waals surface area contributed by atoms with Crippen molar-refractivity contribution in [1.82, 2.24) is 15.2 Å². The molecule has 0 bridgehead atoms. The lowest BCUT2D eigenvalue weighted by molar-refractivity contribution is -0.136. The summed E-state index contributed by atoms with van der Waals surface area (Å²) in [5, 5.41) is 6.09. The van der Waals surface area contributed by atoms with Gasteiger partial charge in [-0.25, -0.2) is 0 Å². The van der Waals surface area contributed by atoms with Gasteiger partial charge in [-0.2, -0.15) is 0 Å². The molecule has 1 saturated heterocycles. The molecule has 0 aliphatic carbocycles. The molecule has 4 amide bonds. The molecule has 1 atom stereocenters. The van der Waals surface area contributed by atoms with Gasteiger partial charge in [0.05, 0.1) is 11.2 Å². The van der Waals surface area contributed by atoms with Gasteiger partial charge in [-0.3, -0.25) is 29.5 Å². The number of pyridine rings is 1. The SMILES string of the molecule is O=C1CCC(N2Cc3cc(C(=O)Nc4cccc5cccnc45)ccc3C2=O)C(=O)N1. The monoisotopic (exact) mass is 414 g/mol. The number of carbonyl (C=O) groups excluding carboxylic acids is 4. The van der Waals surface area contributed by atoms with Crippen molar-refractivity contribution in [3.63, 3.8) is 0 Å². The molecule has 2 aliphatic rings. The van der Waals surface area contributed by atoms with Crippen LogP contribution in [0.4, 0.5) is 5.69 Å². The summed E-state index contributed by atoms with van der Waals surface area (Å²) in [4.78, 5) is 55.0. The molecule has 3 heterocycles. The molecule has 8 nitrogen and oxygen atoms in total. The van der Waals surface area contributed by atoms with Gasteiger partial charge < -0.3 is 10.2 Å². The first-order valence-corrected chi connectivity index (χ1v) is 9.94. The summed E-state index contributed by atoms with van der Waals surface area (Å²) in [5.41, 5.74) is 2.85. The standard InChI is InChI=1S/C23H18N4O4/c28-19-9-8-18(22(30)26-19)27-12-15-11-14(6-7-16(15)23(27)31)21(29)25-17-5-1-3-13-4-2-10-24-20(13)17/h1-7,10-11,18H,8-9,12H2,(H,25,29)(H,26,28,30). The van der Waals surface area contributed by atoms with Gasteiger partial charge in [0.2, 0.25) is 11.8 Å². The Hall–Kier alpha value is -4.07. The van der Waals surface area contributed by atoms with Crippen molar-refractivity contribution in [2.75, 3.05) is 5.32 Å². The van der Waals surface area contributed by atoms with Crippen LogP contribution >= 0.6 is 0 Å². The molecule has 1 fully saturated rings. The number of aromatic nitrogens is 1. The van der Waals surface area contributed by atoms with Crippen molar-refractivity contribution >= 4 is 40.2 Å². The zero-order valence-electron chi connectivity index (χ0n) is 16.4. The molecule has 2 N–H and O–H groups in total. The van der Waals surface area contributed by atoms with Crippen molar-refractivity contribution in [2.24, 2.45) is 0 Å². The van der Waals surface area contributed by atoms with Crippen LogP contribution in [-0.2, 0) is 16.1 Å². The normalized spacial score (nSPS) is 18.1. The van der Waals surface area contributed by atoms with Crippen LogP contribution in [0.3, 0.4) is 0 Å². The second-order valence-electron chi connectivity index (χ2n) is 7.61. The van der Waals surface area contributed by atoms with Gasteiger partial charge in [0.25, 0.3) is 11.8 Å². The van der Waals surface area contributed by atoms with E-state index in [-0.39, 0.29) is 30.7 Å². The third-order valence-corrected chi connectivity index (χ3v) is 5.67. The molecule has 3 aromatic rings. The number of para-hydroxylation sites is 1. The molecule has 0 radical (unpaired) electrons. The van der Waals surface area contributed by atoms with E-state index in [0.717, 1.165) is 5.39 Å². The van der Waals surface area contributed by atoms with E-state index >= 15 is 0 Å².